The van der Waals surface area contributed by atoms with Gasteiger partial charge in [-0.25, -0.2) is 4.98 Å². The molecule has 0 aliphatic carbocycles. The van der Waals surface area contributed by atoms with Gasteiger partial charge in [0.2, 0.25) is 0 Å². The molecule has 4 nitrogen and oxygen atoms in total. The van der Waals surface area contributed by atoms with Crippen LogP contribution in [0.4, 0.5) is 5.82 Å². The van der Waals surface area contributed by atoms with Crippen molar-refractivity contribution in [3.63, 3.8) is 0 Å². The Kier molecular flexibility index (Phi) is 3.76. The van der Waals surface area contributed by atoms with E-state index in [1.54, 1.807) is 12.1 Å². The van der Waals surface area contributed by atoms with Gasteiger partial charge in [0.05, 0.1) is 0 Å². The number of rotatable bonds is 3. The number of benzene rings is 1. The van der Waals surface area contributed by atoms with Crippen LogP contribution >= 0.6 is 0 Å². The molecule has 1 aromatic carbocycles. The number of aromatic hydroxyl groups is 1. The van der Waals surface area contributed by atoms with E-state index in [0.29, 0.717) is 0 Å². The minimum atomic E-state index is 0.130. The fourth-order valence-electron chi connectivity index (χ4n) is 2.38. The van der Waals surface area contributed by atoms with Crippen LogP contribution in [0.2, 0.25) is 0 Å². The van der Waals surface area contributed by atoms with Gasteiger partial charge in [-0.3, -0.25) is 4.40 Å². The van der Waals surface area contributed by atoms with Crippen LogP contribution in [0.15, 0.2) is 48.7 Å². The Morgan fingerprint density at radius 1 is 1.09 bits per heavy atom. The molecule has 23 heavy (non-hydrogen) atoms. The number of nitrogens with zero attached hydrogens (tertiary/aromatic N) is 2. The molecule has 2 N–H and O–H groups in total. The average molecular weight is 309 g/mol. The molecule has 0 spiro atoms. The molecule has 0 radical (unpaired) electrons. The van der Waals surface area contributed by atoms with Gasteiger partial charge in [0.15, 0.2) is 0 Å². The van der Waals surface area contributed by atoms with Crippen molar-refractivity contribution in [1.82, 2.24) is 9.38 Å². The lowest BCUT2D eigenvalue weighted by Crippen LogP contribution is -2.31. The molecule has 3 rings (SSSR count). The topological polar surface area (TPSA) is 49.6 Å². The second kappa shape index (κ2) is 5.61. The highest BCUT2D eigenvalue weighted by atomic mass is 16.3. The molecule has 2 aromatic heterocycles. The van der Waals surface area contributed by atoms with E-state index < -0.39 is 0 Å². The largest absolute Gasteiger partial charge is 0.508 e. The first-order valence-electron chi connectivity index (χ1n) is 7.89. The zero-order valence-corrected chi connectivity index (χ0v) is 14.0. The van der Waals surface area contributed by atoms with E-state index >= 15 is 0 Å². The molecule has 0 aliphatic heterocycles. The van der Waals surface area contributed by atoms with E-state index in [4.69, 9.17) is 4.98 Å². The molecule has 3 aromatic rings. The lowest BCUT2D eigenvalue weighted by molar-refractivity contribution is 0.358. The lowest BCUT2D eigenvalue weighted by atomic mass is 9.88. The third kappa shape index (κ3) is 3.02. The van der Waals surface area contributed by atoms with Gasteiger partial charge in [-0.05, 0) is 48.7 Å². The summed E-state index contributed by atoms with van der Waals surface area (Å²) in [6.45, 7) is 8.83. The maximum absolute atomic E-state index is 9.52. The SMILES string of the molecule is C[C@H](Nc1c(-c2ccc(O)cc2)nc2ccccn12)C(C)(C)C. The average Bonchev–Trinajstić information content (AvgIpc) is 2.86. The van der Waals surface area contributed by atoms with Crippen molar-refractivity contribution in [1.29, 1.82) is 0 Å². The molecule has 1 atom stereocenters. The van der Waals surface area contributed by atoms with Gasteiger partial charge >= 0.3 is 0 Å². The van der Waals surface area contributed by atoms with Crippen LogP contribution in [0.5, 0.6) is 5.75 Å². The summed E-state index contributed by atoms with van der Waals surface area (Å²) in [5, 5.41) is 13.1. The fraction of sp³-hybridized carbons (Fsp3) is 0.316. The normalized spacial score (nSPS) is 13.2. The van der Waals surface area contributed by atoms with E-state index in [2.05, 4.69) is 37.4 Å². The summed E-state index contributed by atoms with van der Waals surface area (Å²) in [6.07, 6.45) is 2.02. The van der Waals surface area contributed by atoms with Crippen LogP contribution in [0.25, 0.3) is 16.9 Å². The highest BCUT2D eigenvalue weighted by molar-refractivity contribution is 5.77. The summed E-state index contributed by atoms with van der Waals surface area (Å²) in [5.74, 6) is 1.24. The molecule has 120 valence electrons. The summed E-state index contributed by atoms with van der Waals surface area (Å²) in [5.41, 5.74) is 2.91. The standard InChI is InChI=1S/C19H23N3O/c1-13(19(2,3)4)20-18-17(14-8-10-15(23)11-9-14)21-16-7-5-6-12-22(16)18/h5-13,20,23H,1-4H3/t13-/m0/s1. The smallest absolute Gasteiger partial charge is 0.139 e. The Bertz CT molecular complexity index is 813. The van der Waals surface area contributed by atoms with Crippen LogP contribution in [-0.2, 0) is 0 Å². The molecule has 0 saturated carbocycles. The Morgan fingerprint density at radius 3 is 2.43 bits per heavy atom. The fourth-order valence-corrected chi connectivity index (χ4v) is 2.38. The van der Waals surface area contributed by atoms with E-state index in [1.807, 2.05) is 36.5 Å². The maximum atomic E-state index is 9.52. The second-order valence-electron chi connectivity index (χ2n) is 7.02. The zero-order valence-electron chi connectivity index (χ0n) is 14.0. The summed E-state index contributed by atoms with van der Waals surface area (Å²) in [4.78, 5) is 4.77. The van der Waals surface area contributed by atoms with Gasteiger partial charge in [-0.15, -0.1) is 0 Å². The molecule has 0 bridgehead atoms. The zero-order chi connectivity index (χ0) is 16.6. The van der Waals surface area contributed by atoms with Gasteiger partial charge in [-0.2, -0.15) is 0 Å². The molecule has 0 aliphatic rings. The van der Waals surface area contributed by atoms with Gasteiger partial charge in [0, 0.05) is 17.8 Å². The van der Waals surface area contributed by atoms with E-state index in [-0.39, 0.29) is 17.2 Å². The molecular weight excluding hydrogens is 286 g/mol. The van der Waals surface area contributed by atoms with Crippen molar-refractivity contribution in [3.8, 4) is 17.0 Å². The Labute approximate surface area is 136 Å². The van der Waals surface area contributed by atoms with Crippen molar-refractivity contribution in [2.75, 3.05) is 5.32 Å². The molecule has 0 unspecified atom stereocenters. The van der Waals surface area contributed by atoms with Crippen LogP contribution in [0, 0.1) is 5.41 Å². The molecule has 0 saturated heterocycles. The number of phenolic OH excluding ortho intramolecular Hbond substituents is 1. The molecule has 0 amide bonds. The number of aromatic nitrogens is 2. The van der Waals surface area contributed by atoms with Gasteiger partial charge in [-0.1, -0.05) is 26.8 Å². The number of imidazole rings is 1. The number of fused-ring (bicyclic) bond motifs is 1. The Morgan fingerprint density at radius 2 is 1.78 bits per heavy atom. The predicted molar refractivity (Wildman–Crippen MR) is 94.8 cm³/mol. The van der Waals surface area contributed by atoms with Crippen molar-refractivity contribution >= 4 is 11.5 Å². The quantitative estimate of drug-likeness (QED) is 0.746. The van der Waals surface area contributed by atoms with Crippen LogP contribution in [0.1, 0.15) is 27.7 Å². The highest BCUT2D eigenvalue weighted by Gasteiger charge is 2.23. The predicted octanol–water partition coefficient (Wildman–Crippen LogP) is 4.55. The van der Waals surface area contributed by atoms with Gasteiger partial charge in [0.1, 0.15) is 22.9 Å². The van der Waals surface area contributed by atoms with Crippen molar-refractivity contribution in [3.05, 3.63) is 48.7 Å². The monoisotopic (exact) mass is 309 g/mol. The minimum absolute atomic E-state index is 0.130. The Hall–Kier alpha value is -2.49. The van der Waals surface area contributed by atoms with Crippen LogP contribution in [0.3, 0.4) is 0 Å². The first-order valence-corrected chi connectivity index (χ1v) is 7.89. The number of nitrogens with one attached hydrogen (secondary N) is 1. The minimum Gasteiger partial charge on any atom is -0.508 e. The number of phenols is 1. The van der Waals surface area contributed by atoms with E-state index in [1.165, 1.54) is 0 Å². The number of anilines is 1. The number of hydrogen-bond acceptors (Lipinski definition) is 3. The van der Waals surface area contributed by atoms with Crippen LogP contribution in [-0.4, -0.2) is 20.5 Å². The van der Waals surface area contributed by atoms with Crippen molar-refractivity contribution < 1.29 is 5.11 Å². The van der Waals surface area contributed by atoms with Crippen LogP contribution < -0.4 is 5.32 Å². The first kappa shape index (κ1) is 15.4. The highest BCUT2D eigenvalue weighted by Crippen LogP contribution is 2.32. The summed E-state index contributed by atoms with van der Waals surface area (Å²) in [6, 6.07) is 13.4. The third-order valence-corrected chi connectivity index (χ3v) is 4.32. The summed E-state index contributed by atoms with van der Waals surface area (Å²) < 4.78 is 2.07. The number of pyridine rings is 1. The first-order chi connectivity index (χ1) is 10.9. The van der Waals surface area contributed by atoms with Crippen molar-refractivity contribution in [2.24, 2.45) is 5.41 Å². The maximum Gasteiger partial charge on any atom is 0.139 e. The molecule has 0 fully saturated rings. The molecule has 2 heterocycles. The van der Waals surface area contributed by atoms with E-state index in [9.17, 15) is 5.11 Å². The number of hydrogen-bond donors (Lipinski definition) is 2. The van der Waals surface area contributed by atoms with Crippen molar-refractivity contribution in [2.45, 2.75) is 33.7 Å². The van der Waals surface area contributed by atoms with E-state index in [0.717, 1.165) is 22.7 Å². The Balaban J connectivity index is 2.13. The lowest BCUT2D eigenvalue weighted by Gasteiger charge is -2.29. The second-order valence-corrected chi connectivity index (χ2v) is 7.02. The molecule has 4 heteroatoms. The van der Waals surface area contributed by atoms with Gasteiger partial charge in [0.25, 0.3) is 0 Å². The summed E-state index contributed by atoms with van der Waals surface area (Å²) >= 11 is 0. The van der Waals surface area contributed by atoms with Gasteiger partial charge < -0.3 is 10.4 Å². The molecular formula is C19H23N3O. The summed E-state index contributed by atoms with van der Waals surface area (Å²) in [7, 11) is 0. The third-order valence-electron chi connectivity index (χ3n) is 4.32.